The summed E-state index contributed by atoms with van der Waals surface area (Å²) in [5, 5.41) is 3.44. The average Bonchev–Trinajstić information content (AvgIpc) is 3.18. The van der Waals surface area contributed by atoms with Crippen LogP contribution in [-0.4, -0.2) is 53.6 Å². The molecule has 1 aliphatic rings. The highest BCUT2D eigenvalue weighted by atomic mass is 35.5. The Morgan fingerprint density at radius 3 is 2.53 bits per heavy atom. The summed E-state index contributed by atoms with van der Waals surface area (Å²) in [6.45, 7) is 3.06. The summed E-state index contributed by atoms with van der Waals surface area (Å²) in [7, 11) is 2.96. The summed E-state index contributed by atoms with van der Waals surface area (Å²) < 4.78 is 11.8. The molecule has 1 aromatic carbocycles. The number of nitrogens with zero attached hydrogens (tertiary/aromatic N) is 3. The number of thiophene rings is 1. The van der Waals surface area contributed by atoms with Gasteiger partial charge in [-0.05, 0) is 37.8 Å². The number of anilines is 1. The molecule has 0 saturated carbocycles. The Labute approximate surface area is 205 Å². The van der Waals surface area contributed by atoms with E-state index in [0.717, 1.165) is 30.6 Å². The summed E-state index contributed by atoms with van der Waals surface area (Å²) in [5.41, 5.74) is 0.536. The van der Waals surface area contributed by atoms with Crippen LogP contribution in [0.4, 0.5) is 5.69 Å². The maximum absolute atomic E-state index is 13.2. The molecule has 11 heteroatoms. The average molecular weight is 505 g/mol. The van der Waals surface area contributed by atoms with Crippen LogP contribution in [0.1, 0.15) is 34.5 Å². The predicted octanol–water partition coefficient (Wildman–Crippen LogP) is 3.70. The fraction of sp³-hybridized carbons (Fsp3) is 0.391. The number of carbonyl (C=O) groups is 2. The van der Waals surface area contributed by atoms with Gasteiger partial charge in [0.2, 0.25) is 5.91 Å². The van der Waals surface area contributed by atoms with E-state index < -0.39 is 5.91 Å². The van der Waals surface area contributed by atoms with Crippen molar-refractivity contribution in [2.24, 2.45) is 0 Å². The molecule has 0 spiro atoms. The Balaban J connectivity index is 1.62. The highest BCUT2D eigenvalue weighted by molar-refractivity contribution is 7.20. The molecule has 4 rings (SSSR count). The number of fused-ring (bicyclic) bond motifs is 1. The highest BCUT2D eigenvalue weighted by Gasteiger charge is 2.23. The van der Waals surface area contributed by atoms with Gasteiger partial charge in [-0.15, -0.1) is 11.3 Å². The minimum Gasteiger partial charge on any atom is -0.495 e. The molecule has 0 atom stereocenters. The van der Waals surface area contributed by atoms with E-state index in [1.165, 1.54) is 31.2 Å². The van der Waals surface area contributed by atoms with Gasteiger partial charge in [0.25, 0.3) is 11.5 Å². The van der Waals surface area contributed by atoms with Gasteiger partial charge in [0, 0.05) is 19.2 Å². The quantitative estimate of drug-likeness (QED) is 0.549. The molecule has 2 amide bonds. The number of methoxy groups -OCH3 is 2. The normalized spacial score (nSPS) is 13.7. The number of ether oxygens (including phenoxy) is 2. The lowest BCUT2D eigenvalue weighted by atomic mass is 10.1. The molecule has 1 N–H and O–H groups in total. The minimum atomic E-state index is -0.421. The molecule has 0 radical (unpaired) electrons. The molecule has 0 unspecified atom stereocenters. The molecule has 2 aromatic heterocycles. The molecule has 3 aromatic rings. The van der Waals surface area contributed by atoms with E-state index in [1.807, 2.05) is 0 Å². The summed E-state index contributed by atoms with van der Waals surface area (Å²) in [6, 6.07) is 3.12. The van der Waals surface area contributed by atoms with Crippen molar-refractivity contribution in [2.75, 3.05) is 32.6 Å². The Morgan fingerprint density at radius 1 is 1.15 bits per heavy atom. The van der Waals surface area contributed by atoms with E-state index in [4.69, 9.17) is 21.1 Å². The smallest absolute Gasteiger partial charge is 0.266 e. The molecule has 180 valence electrons. The molecule has 1 fully saturated rings. The second-order valence-corrected chi connectivity index (χ2v) is 9.40. The maximum atomic E-state index is 13.2. The first-order valence-electron chi connectivity index (χ1n) is 10.8. The van der Waals surface area contributed by atoms with Crippen LogP contribution >= 0.6 is 22.9 Å². The number of amides is 2. The number of aryl methyl sites for hydroxylation is 1. The number of nitrogens with one attached hydrogen (secondary N) is 1. The molecular weight excluding hydrogens is 480 g/mol. The van der Waals surface area contributed by atoms with Crippen molar-refractivity contribution in [1.29, 1.82) is 0 Å². The molecule has 9 nitrogen and oxygen atoms in total. The molecule has 0 bridgehead atoms. The van der Waals surface area contributed by atoms with Crippen molar-refractivity contribution >= 4 is 50.7 Å². The zero-order valence-corrected chi connectivity index (χ0v) is 20.7. The van der Waals surface area contributed by atoms with Crippen LogP contribution in [0, 0.1) is 6.92 Å². The second kappa shape index (κ2) is 10.0. The molecule has 3 heterocycles. The number of halogens is 1. The van der Waals surface area contributed by atoms with Crippen LogP contribution in [0.3, 0.4) is 0 Å². The maximum Gasteiger partial charge on any atom is 0.266 e. The van der Waals surface area contributed by atoms with E-state index in [0.29, 0.717) is 56.0 Å². The third kappa shape index (κ3) is 4.60. The summed E-state index contributed by atoms with van der Waals surface area (Å²) in [6.07, 6.45) is 4.44. The zero-order chi connectivity index (χ0) is 24.4. The van der Waals surface area contributed by atoms with E-state index >= 15 is 0 Å². The SMILES string of the molecule is COc1cc(OC)c(NC(=O)c2sc3ncn(CC(=O)N4CCCCC4)c(=O)c3c2C)cc1Cl. The first-order chi connectivity index (χ1) is 16.3. The number of carbonyl (C=O) groups excluding carboxylic acids is 2. The Bertz CT molecular complexity index is 1310. The van der Waals surface area contributed by atoms with Gasteiger partial charge in [-0.2, -0.15) is 0 Å². The number of likely N-dealkylation sites (tertiary alicyclic amines) is 1. The molecule has 0 aliphatic carbocycles. The summed E-state index contributed by atoms with van der Waals surface area (Å²) in [4.78, 5) is 45.8. The van der Waals surface area contributed by atoms with Crippen molar-refractivity contribution in [3.63, 3.8) is 0 Å². The number of piperidine rings is 1. The van der Waals surface area contributed by atoms with E-state index in [2.05, 4.69) is 10.3 Å². The third-order valence-corrected chi connectivity index (χ3v) is 7.35. The topological polar surface area (TPSA) is 103 Å². The first-order valence-corrected chi connectivity index (χ1v) is 12.0. The molecular formula is C23H25ClN4O5S. The van der Waals surface area contributed by atoms with Crippen molar-refractivity contribution in [1.82, 2.24) is 14.5 Å². The van der Waals surface area contributed by atoms with Crippen LogP contribution in [0.15, 0.2) is 23.3 Å². The summed E-state index contributed by atoms with van der Waals surface area (Å²) in [5.74, 6) is 0.274. The van der Waals surface area contributed by atoms with Gasteiger partial charge in [-0.1, -0.05) is 11.6 Å². The third-order valence-electron chi connectivity index (χ3n) is 5.86. The Morgan fingerprint density at radius 2 is 1.85 bits per heavy atom. The van der Waals surface area contributed by atoms with Crippen molar-refractivity contribution < 1.29 is 19.1 Å². The van der Waals surface area contributed by atoms with Gasteiger partial charge in [0.15, 0.2) is 0 Å². The van der Waals surface area contributed by atoms with Crippen LogP contribution in [0.2, 0.25) is 5.02 Å². The van der Waals surface area contributed by atoms with Crippen LogP contribution < -0.4 is 20.3 Å². The summed E-state index contributed by atoms with van der Waals surface area (Å²) >= 11 is 7.32. The van der Waals surface area contributed by atoms with E-state index in [-0.39, 0.29) is 18.0 Å². The minimum absolute atomic E-state index is 0.0693. The number of benzene rings is 1. The van der Waals surface area contributed by atoms with Crippen molar-refractivity contribution in [3.05, 3.63) is 44.3 Å². The highest BCUT2D eigenvalue weighted by Crippen LogP contribution is 2.37. The second-order valence-electron chi connectivity index (χ2n) is 8.00. The van der Waals surface area contributed by atoms with E-state index in [9.17, 15) is 14.4 Å². The largest absolute Gasteiger partial charge is 0.495 e. The lowest BCUT2D eigenvalue weighted by Gasteiger charge is -2.26. The number of rotatable bonds is 6. The van der Waals surface area contributed by atoms with Gasteiger partial charge in [0.1, 0.15) is 22.9 Å². The van der Waals surface area contributed by atoms with E-state index in [1.54, 1.807) is 17.9 Å². The Hall–Kier alpha value is -3.11. The number of hydrogen-bond acceptors (Lipinski definition) is 7. The zero-order valence-electron chi connectivity index (χ0n) is 19.1. The number of hydrogen-bond donors (Lipinski definition) is 1. The van der Waals surface area contributed by atoms with Gasteiger partial charge < -0.3 is 19.7 Å². The molecule has 1 aliphatic heterocycles. The number of aromatic nitrogens is 2. The van der Waals surface area contributed by atoms with Gasteiger partial charge in [-0.3, -0.25) is 19.0 Å². The first kappa shape index (κ1) is 24.0. The molecule has 1 saturated heterocycles. The van der Waals surface area contributed by atoms with Gasteiger partial charge in [0.05, 0.1) is 41.5 Å². The predicted molar refractivity (Wildman–Crippen MR) is 132 cm³/mol. The molecule has 34 heavy (non-hydrogen) atoms. The van der Waals surface area contributed by atoms with Crippen molar-refractivity contribution in [3.8, 4) is 11.5 Å². The lowest BCUT2D eigenvalue weighted by molar-refractivity contribution is -0.132. The van der Waals surface area contributed by atoms with Crippen LogP contribution in [0.25, 0.3) is 10.2 Å². The fourth-order valence-electron chi connectivity index (χ4n) is 4.01. The van der Waals surface area contributed by atoms with Gasteiger partial charge >= 0.3 is 0 Å². The van der Waals surface area contributed by atoms with Gasteiger partial charge in [-0.25, -0.2) is 4.98 Å². The standard InChI is InChI=1S/C23H25ClN4O5S/c1-13-19-22(25-12-28(23(19)31)11-18(29)27-7-5-4-6-8-27)34-20(13)21(30)26-15-9-14(24)16(32-2)10-17(15)33-3/h9-10,12H,4-8,11H2,1-3H3,(H,26,30). The van der Waals surface area contributed by atoms with Crippen LogP contribution in [0.5, 0.6) is 11.5 Å². The lowest BCUT2D eigenvalue weighted by Crippen LogP contribution is -2.39. The Kier molecular flexibility index (Phi) is 7.08. The van der Waals surface area contributed by atoms with Crippen molar-refractivity contribution in [2.45, 2.75) is 32.7 Å². The van der Waals surface area contributed by atoms with Crippen LogP contribution in [-0.2, 0) is 11.3 Å². The monoisotopic (exact) mass is 504 g/mol. The fourth-order valence-corrected chi connectivity index (χ4v) is 5.29.